The molecule has 27 heavy (non-hydrogen) atoms. The van der Waals surface area contributed by atoms with Crippen molar-refractivity contribution in [1.29, 1.82) is 0 Å². The van der Waals surface area contributed by atoms with Gasteiger partial charge in [0.15, 0.2) is 0 Å². The minimum atomic E-state index is -3.62. The molecular weight excluding hydrogens is 432 g/mol. The first-order valence-corrected chi connectivity index (χ1v) is 10.8. The molecule has 0 bridgehead atoms. The Morgan fingerprint density at radius 1 is 1.19 bits per heavy atom. The maximum absolute atomic E-state index is 12.7. The lowest BCUT2D eigenvalue weighted by atomic mass is 10.2. The number of rotatable bonds is 6. The highest BCUT2D eigenvalue weighted by Gasteiger charge is 2.26. The first-order valence-electron chi connectivity index (χ1n) is 8.61. The fraction of sp³-hybridized carbons (Fsp3) is 0.316. The molecule has 0 spiro atoms. The molecule has 0 unspecified atom stereocenters. The molecule has 2 aromatic rings. The molecule has 8 heteroatoms. The van der Waals surface area contributed by atoms with Crippen LogP contribution < -0.4 is 5.32 Å². The van der Waals surface area contributed by atoms with Crippen molar-refractivity contribution in [3.63, 3.8) is 0 Å². The number of nitrogens with zero attached hydrogens (tertiary/aromatic N) is 1. The Morgan fingerprint density at radius 3 is 2.44 bits per heavy atom. The van der Waals surface area contributed by atoms with Crippen LogP contribution in [0.3, 0.4) is 0 Å². The van der Waals surface area contributed by atoms with Crippen molar-refractivity contribution in [2.24, 2.45) is 0 Å². The molecule has 1 aliphatic rings. The second-order valence-corrected chi connectivity index (χ2v) is 9.37. The highest BCUT2D eigenvalue weighted by Crippen LogP contribution is 2.20. The Balaban J connectivity index is 1.68. The molecule has 0 aromatic heterocycles. The maximum atomic E-state index is 12.7. The highest BCUT2D eigenvalue weighted by molar-refractivity contribution is 9.10. The van der Waals surface area contributed by atoms with Gasteiger partial charge in [-0.05, 0) is 61.4 Å². The van der Waals surface area contributed by atoms with E-state index < -0.39 is 10.0 Å². The van der Waals surface area contributed by atoms with Gasteiger partial charge in [-0.15, -0.1) is 0 Å². The number of sulfonamides is 1. The molecule has 2 aromatic carbocycles. The molecule has 3 rings (SSSR count). The number of hydrogen-bond acceptors (Lipinski definition) is 4. The summed E-state index contributed by atoms with van der Waals surface area (Å²) in [7, 11) is -2.07. The molecule has 0 aliphatic carbocycles. The molecule has 1 aliphatic heterocycles. The van der Waals surface area contributed by atoms with Crippen molar-refractivity contribution in [2.75, 3.05) is 25.5 Å². The predicted octanol–water partition coefficient (Wildman–Crippen LogP) is 3.50. The zero-order valence-electron chi connectivity index (χ0n) is 14.9. The summed E-state index contributed by atoms with van der Waals surface area (Å²) >= 11 is 3.34. The van der Waals surface area contributed by atoms with E-state index in [0.717, 1.165) is 17.3 Å². The van der Waals surface area contributed by atoms with Crippen LogP contribution in [0.25, 0.3) is 0 Å². The van der Waals surface area contributed by atoms with Gasteiger partial charge in [0, 0.05) is 35.9 Å². The van der Waals surface area contributed by atoms with E-state index in [1.54, 1.807) is 19.2 Å². The van der Waals surface area contributed by atoms with Gasteiger partial charge in [-0.3, -0.25) is 4.79 Å². The van der Waals surface area contributed by atoms with E-state index in [1.807, 2.05) is 12.1 Å². The monoisotopic (exact) mass is 452 g/mol. The molecule has 1 saturated heterocycles. The lowest BCUT2D eigenvalue weighted by Crippen LogP contribution is -2.34. The van der Waals surface area contributed by atoms with Crippen LogP contribution in [0.5, 0.6) is 0 Å². The topological polar surface area (TPSA) is 75.7 Å². The molecule has 1 atom stereocenters. The molecule has 6 nitrogen and oxygen atoms in total. The van der Waals surface area contributed by atoms with Gasteiger partial charge in [0.1, 0.15) is 0 Å². The van der Waals surface area contributed by atoms with Gasteiger partial charge in [0.05, 0.1) is 11.0 Å². The number of halogens is 1. The number of nitrogens with one attached hydrogen (secondary N) is 1. The van der Waals surface area contributed by atoms with Crippen molar-refractivity contribution >= 4 is 37.5 Å². The minimum Gasteiger partial charge on any atom is -0.377 e. The zero-order valence-corrected chi connectivity index (χ0v) is 17.3. The number of carbonyl (C=O) groups excluding carboxylic acids is 1. The van der Waals surface area contributed by atoms with Crippen molar-refractivity contribution < 1.29 is 17.9 Å². The summed E-state index contributed by atoms with van der Waals surface area (Å²) in [6, 6.07) is 13.2. The van der Waals surface area contributed by atoms with E-state index in [1.165, 1.54) is 28.6 Å². The fourth-order valence-electron chi connectivity index (χ4n) is 2.87. The van der Waals surface area contributed by atoms with Crippen molar-refractivity contribution in [3.8, 4) is 0 Å². The number of anilines is 1. The van der Waals surface area contributed by atoms with Crippen molar-refractivity contribution in [2.45, 2.75) is 23.8 Å². The number of amides is 1. The SMILES string of the molecule is CN(C[C@@H]1CCCO1)S(=O)(=O)c1ccc(C(=O)Nc2ccc(Br)cc2)cc1. The zero-order chi connectivity index (χ0) is 19.4. The van der Waals surface area contributed by atoms with Gasteiger partial charge >= 0.3 is 0 Å². The van der Waals surface area contributed by atoms with Gasteiger partial charge in [0.2, 0.25) is 10.0 Å². The smallest absolute Gasteiger partial charge is 0.255 e. The van der Waals surface area contributed by atoms with Crippen LogP contribution in [0.15, 0.2) is 57.9 Å². The average Bonchev–Trinajstić information content (AvgIpc) is 3.16. The van der Waals surface area contributed by atoms with Crippen LogP contribution in [0, 0.1) is 0 Å². The minimum absolute atomic E-state index is 0.0549. The van der Waals surface area contributed by atoms with Crippen LogP contribution in [0.2, 0.25) is 0 Å². The third-order valence-electron chi connectivity index (χ3n) is 4.41. The van der Waals surface area contributed by atoms with E-state index >= 15 is 0 Å². The van der Waals surface area contributed by atoms with Gasteiger partial charge in [-0.1, -0.05) is 15.9 Å². The van der Waals surface area contributed by atoms with Crippen LogP contribution >= 0.6 is 15.9 Å². The first kappa shape index (κ1) is 20.0. The predicted molar refractivity (Wildman–Crippen MR) is 107 cm³/mol. The number of benzene rings is 2. The Bertz CT molecular complexity index is 892. The van der Waals surface area contributed by atoms with E-state index in [-0.39, 0.29) is 16.9 Å². The van der Waals surface area contributed by atoms with E-state index in [2.05, 4.69) is 21.2 Å². The highest BCUT2D eigenvalue weighted by atomic mass is 79.9. The summed E-state index contributed by atoms with van der Waals surface area (Å²) in [5.74, 6) is -0.297. The Hall–Kier alpha value is -1.74. The van der Waals surface area contributed by atoms with Crippen LogP contribution in [-0.2, 0) is 14.8 Å². The molecular formula is C19H21BrN2O4S. The largest absolute Gasteiger partial charge is 0.377 e. The van der Waals surface area contributed by atoms with Gasteiger partial charge in [0.25, 0.3) is 5.91 Å². The third-order valence-corrected chi connectivity index (χ3v) is 6.78. The summed E-state index contributed by atoms with van der Waals surface area (Å²) in [6.45, 7) is 1.01. The molecule has 0 radical (unpaired) electrons. The Morgan fingerprint density at radius 2 is 1.85 bits per heavy atom. The molecule has 1 N–H and O–H groups in total. The fourth-order valence-corrected chi connectivity index (χ4v) is 4.33. The summed E-state index contributed by atoms with van der Waals surface area (Å²) in [6.07, 6.45) is 1.77. The maximum Gasteiger partial charge on any atom is 0.255 e. The molecule has 0 saturated carbocycles. The van der Waals surface area contributed by atoms with E-state index in [9.17, 15) is 13.2 Å². The first-order chi connectivity index (χ1) is 12.9. The number of carbonyl (C=O) groups is 1. The average molecular weight is 453 g/mol. The van der Waals surface area contributed by atoms with E-state index in [0.29, 0.717) is 24.4 Å². The van der Waals surface area contributed by atoms with Gasteiger partial charge in [-0.2, -0.15) is 4.31 Å². The van der Waals surface area contributed by atoms with Crippen molar-refractivity contribution in [3.05, 3.63) is 58.6 Å². The normalized spacial score (nSPS) is 17.2. The van der Waals surface area contributed by atoms with E-state index in [4.69, 9.17) is 4.74 Å². The second-order valence-electron chi connectivity index (χ2n) is 6.41. The number of likely N-dealkylation sites (N-methyl/N-ethyl adjacent to an activating group) is 1. The summed E-state index contributed by atoms with van der Waals surface area (Å²) in [5.41, 5.74) is 1.05. The lowest BCUT2D eigenvalue weighted by Gasteiger charge is -2.20. The van der Waals surface area contributed by atoms with Gasteiger partial charge in [-0.25, -0.2) is 8.42 Å². The quantitative estimate of drug-likeness (QED) is 0.727. The molecule has 1 heterocycles. The summed E-state index contributed by atoms with van der Waals surface area (Å²) < 4.78 is 33.1. The third kappa shape index (κ3) is 4.95. The number of hydrogen-bond donors (Lipinski definition) is 1. The van der Waals surface area contributed by atoms with Crippen LogP contribution in [-0.4, -0.2) is 44.9 Å². The standard InChI is InChI=1S/C19H21BrN2O4S/c1-22(13-17-3-2-12-26-17)27(24,25)18-10-4-14(5-11-18)19(23)21-16-8-6-15(20)7-9-16/h4-11,17H,2-3,12-13H2,1H3,(H,21,23)/t17-/m0/s1. The summed E-state index contributed by atoms with van der Waals surface area (Å²) in [4.78, 5) is 12.5. The summed E-state index contributed by atoms with van der Waals surface area (Å²) in [5, 5.41) is 2.78. The molecule has 144 valence electrons. The van der Waals surface area contributed by atoms with Crippen molar-refractivity contribution in [1.82, 2.24) is 4.31 Å². The lowest BCUT2D eigenvalue weighted by molar-refractivity contribution is 0.0979. The second kappa shape index (κ2) is 8.52. The Labute approximate surface area is 167 Å². The van der Waals surface area contributed by atoms with Crippen LogP contribution in [0.4, 0.5) is 5.69 Å². The van der Waals surface area contributed by atoms with Gasteiger partial charge < -0.3 is 10.1 Å². The molecule has 1 fully saturated rings. The van der Waals surface area contributed by atoms with Crippen LogP contribution in [0.1, 0.15) is 23.2 Å². The number of ether oxygens (including phenoxy) is 1. The molecule has 1 amide bonds. The Kier molecular flexibility index (Phi) is 6.31.